The average Bonchev–Trinajstić information content (AvgIpc) is 2.73. The summed E-state index contributed by atoms with van der Waals surface area (Å²) in [5, 5.41) is 3.61. The molecule has 0 saturated carbocycles. The molecule has 1 aliphatic rings. The van der Waals surface area contributed by atoms with Crippen molar-refractivity contribution in [3.63, 3.8) is 0 Å². The number of nitrogens with zero attached hydrogens (tertiary/aromatic N) is 3. The van der Waals surface area contributed by atoms with Crippen LogP contribution in [0.4, 0.5) is 13.2 Å². The van der Waals surface area contributed by atoms with Crippen LogP contribution in [0.2, 0.25) is 0 Å². The number of rotatable bonds is 2. The van der Waals surface area contributed by atoms with Crippen LogP contribution in [0.1, 0.15) is 44.1 Å². The number of carbonyl (C=O) groups is 1. The zero-order chi connectivity index (χ0) is 16.7. The molecule has 1 saturated heterocycles. The highest BCUT2D eigenvalue weighted by molar-refractivity contribution is 9.10. The van der Waals surface area contributed by atoms with Crippen molar-refractivity contribution >= 4 is 21.8 Å². The predicted octanol–water partition coefficient (Wildman–Crippen LogP) is 3.79. The molecule has 1 fully saturated rings. The Kier molecular flexibility index (Phi) is 4.89. The predicted molar refractivity (Wildman–Crippen MR) is 79.4 cm³/mol. The van der Waals surface area contributed by atoms with Crippen molar-refractivity contribution in [1.29, 1.82) is 0 Å². The quantitative estimate of drug-likeness (QED) is 0.781. The summed E-state index contributed by atoms with van der Waals surface area (Å²) in [5.41, 5.74) is -0.685. The molecule has 1 aromatic rings. The second kappa shape index (κ2) is 6.22. The lowest BCUT2D eigenvalue weighted by Crippen LogP contribution is -2.42. The minimum absolute atomic E-state index is 0.105. The highest BCUT2D eigenvalue weighted by atomic mass is 79.9. The second-order valence-corrected chi connectivity index (χ2v) is 6.69. The Hall–Kier alpha value is -1.05. The van der Waals surface area contributed by atoms with Crippen molar-refractivity contribution in [2.75, 3.05) is 13.1 Å². The van der Waals surface area contributed by atoms with Crippen LogP contribution >= 0.6 is 15.9 Å². The van der Waals surface area contributed by atoms with Gasteiger partial charge in [-0.2, -0.15) is 18.3 Å². The maximum atomic E-state index is 12.9. The third kappa shape index (κ3) is 3.31. The Balaban J connectivity index is 2.26. The minimum atomic E-state index is -4.54. The van der Waals surface area contributed by atoms with Gasteiger partial charge in [-0.1, -0.05) is 6.92 Å². The number of aromatic nitrogens is 2. The minimum Gasteiger partial charge on any atom is -0.341 e. The van der Waals surface area contributed by atoms with Crippen molar-refractivity contribution in [3.05, 3.63) is 15.9 Å². The molecule has 0 bridgehead atoms. The molecule has 8 heteroatoms. The molecule has 4 nitrogen and oxygen atoms in total. The van der Waals surface area contributed by atoms with Gasteiger partial charge in [0.15, 0.2) is 5.69 Å². The summed E-state index contributed by atoms with van der Waals surface area (Å²) < 4.78 is 39.8. The van der Waals surface area contributed by atoms with E-state index in [1.54, 1.807) is 11.8 Å². The molecule has 124 valence electrons. The smallest absolute Gasteiger partial charge is 0.341 e. The van der Waals surface area contributed by atoms with Gasteiger partial charge >= 0.3 is 6.18 Å². The lowest BCUT2D eigenvalue weighted by Gasteiger charge is -2.33. The summed E-state index contributed by atoms with van der Waals surface area (Å²) >= 11 is 2.93. The Labute approximate surface area is 135 Å². The molecule has 0 aromatic carbocycles. The van der Waals surface area contributed by atoms with Crippen LogP contribution in [-0.2, 0) is 11.0 Å². The number of hydrogen-bond donors (Lipinski definition) is 0. The first kappa shape index (κ1) is 17.3. The van der Waals surface area contributed by atoms with Gasteiger partial charge in [0.1, 0.15) is 6.04 Å². The number of amides is 1. The molecular weight excluding hydrogens is 363 g/mol. The van der Waals surface area contributed by atoms with Crippen molar-refractivity contribution in [2.45, 2.75) is 45.8 Å². The maximum absolute atomic E-state index is 12.9. The van der Waals surface area contributed by atoms with E-state index in [1.807, 2.05) is 0 Å². The van der Waals surface area contributed by atoms with E-state index in [1.165, 1.54) is 6.92 Å². The number of halogens is 4. The van der Waals surface area contributed by atoms with Gasteiger partial charge in [-0.25, -0.2) is 0 Å². The van der Waals surface area contributed by atoms with Crippen molar-refractivity contribution in [3.8, 4) is 0 Å². The first-order chi connectivity index (χ1) is 10.1. The van der Waals surface area contributed by atoms with Gasteiger partial charge in [-0.3, -0.25) is 9.48 Å². The van der Waals surface area contributed by atoms with Crippen LogP contribution in [0, 0.1) is 12.8 Å². The van der Waals surface area contributed by atoms with Gasteiger partial charge in [-0.15, -0.1) is 0 Å². The van der Waals surface area contributed by atoms with Crippen molar-refractivity contribution < 1.29 is 18.0 Å². The van der Waals surface area contributed by atoms with Gasteiger partial charge in [0.05, 0.1) is 10.2 Å². The molecule has 0 aliphatic carbocycles. The molecule has 2 rings (SSSR count). The molecule has 2 heterocycles. The number of alkyl halides is 3. The second-order valence-electron chi connectivity index (χ2n) is 5.90. The fraction of sp³-hybridized carbons (Fsp3) is 0.714. The van der Waals surface area contributed by atoms with Crippen LogP contribution in [-0.4, -0.2) is 33.7 Å². The fourth-order valence-electron chi connectivity index (χ4n) is 2.82. The molecular formula is C14H19BrF3N3O. The summed E-state index contributed by atoms with van der Waals surface area (Å²) in [4.78, 5) is 14.3. The zero-order valence-electron chi connectivity index (χ0n) is 12.7. The Morgan fingerprint density at radius 2 is 2.09 bits per heavy atom. The topological polar surface area (TPSA) is 38.1 Å². The number of hydrogen-bond acceptors (Lipinski definition) is 2. The molecule has 0 spiro atoms. The van der Waals surface area contributed by atoms with E-state index in [4.69, 9.17) is 0 Å². The largest absolute Gasteiger partial charge is 0.436 e. The van der Waals surface area contributed by atoms with Crippen molar-refractivity contribution in [2.24, 2.45) is 5.92 Å². The van der Waals surface area contributed by atoms with E-state index in [0.29, 0.717) is 24.7 Å². The highest BCUT2D eigenvalue weighted by Gasteiger charge is 2.39. The SMILES string of the molecule is Cc1c(Br)c(C(F)(F)F)nn1[C@@H](C)C(=O)N1CCC[C@H](C)C1. The van der Waals surface area contributed by atoms with Gasteiger partial charge in [0.2, 0.25) is 5.91 Å². The molecule has 0 N–H and O–H groups in total. The maximum Gasteiger partial charge on any atom is 0.436 e. The molecule has 1 aliphatic heterocycles. The van der Waals surface area contributed by atoms with Crippen LogP contribution in [0.25, 0.3) is 0 Å². The summed E-state index contributed by atoms with van der Waals surface area (Å²) in [5.74, 6) is 0.236. The Morgan fingerprint density at radius 3 is 2.59 bits per heavy atom. The molecule has 1 amide bonds. The van der Waals surface area contributed by atoms with E-state index >= 15 is 0 Å². The lowest BCUT2D eigenvalue weighted by molar-refractivity contribution is -0.143. The standard InChI is InChI=1S/C14H19BrF3N3O/c1-8-5-4-6-20(7-8)13(22)10(3)21-9(2)11(15)12(19-21)14(16,17)18/h8,10H,4-7H2,1-3H3/t8-,10-/m0/s1. The lowest BCUT2D eigenvalue weighted by atomic mass is 10.00. The van der Waals surface area contributed by atoms with E-state index < -0.39 is 17.9 Å². The summed E-state index contributed by atoms with van der Waals surface area (Å²) in [6.07, 6.45) is -2.55. The van der Waals surface area contributed by atoms with Crippen molar-refractivity contribution in [1.82, 2.24) is 14.7 Å². The molecule has 0 radical (unpaired) electrons. The highest BCUT2D eigenvalue weighted by Crippen LogP contribution is 2.36. The molecule has 2 atom stereocenters. The number of likely N-dealkylation sites (tertiary alicyclic amines) is 1. The van der Waals surface area contributed by atoms with Gasteiger partial charge < -0.3 is 4.90 Å². The third-order valence-corrected chi connectivity index (χ3v) is 4.99. The number of piperidine rings is 1. The molecule has 1 aromatic heterocycles. The normalized spacial score (nSPS) is 21.0. The third-order valence-electron chi connectivity index (χ3n) is 4.04. The van der Waals surface area contributed by atoms with E-state index in [9.17, 15) is 18.0 Å². The van der Waals surface area contributed by atoms with E-state index in [2.05, 4.69) is 28.0 Å². The first-order valence-corrected chi connectivity index (χ1v) is 8.02. The Morgan fingerprint density at radius 1 is 1.45 bits per heavy atom. The van der Waals surface area contributed by atoms with Crippen LogP contribution in [0.3, 0.4) is 0 Å². The Bertz CT molecular complexity index is 570. The summed E-state index contributed by atoms with van der Waals surface area (Å²) in [6.45, 7) is 6.49. The molecule has 22 heavy (non-hydrogen) atoms. The number of carbonyl (C=O) groups excluding carboxylic acids is 1. The van der Waals surface area contributed by atoms with Gasteiger partial charge in [0.25, 0.3) is 0 Å². The summed E-state index contributed by atoms with van der Waals surface area (Å²) in [7, 11) is 0. The fourth-order valence-corrected chi connectivity index (χ4v) is 3.30. The van der Waals surface area contributed by atoms with E-state index in [-0.39, 0.29) is 10.4 Å². The zero-order valence-corrected chi connectivity index (χ0v) is 14.3. The first-order valence-electron chi connectivity index (χ1n) is 7.23. The molecule has 0 unspecified atom stereocenters. The van der Waals surface area contributed by atoms with Crippen LogP contribution in [0.15, 0.2) is 4.47 Å². The van der Waals surface area contributed by atoms with Crippen LogP contribution in [0.5, 0.6) is 0 Å². The monoisotopic (exact) mass is 381 g/mol. The van der Waals surface area contributed by atoms with Gasteiger partial charge in [0, 0.05) is 13.1 Å². The van der Waals surface area contributed by atoms with E-state index in [0.717, 1.165) is 17.5 Å². The van der Waals surface area contributed by atoms with Crippen LogP contribution < -0.4 is 0 Å². The average molecular weight is 382 g/mol. The van der Waals surface area contributed by atoms with Gasteiger partial charge in [-0.05, 0) is 48.5 Å². The summed E-state index contributed by atoms with van der Waals surface area (Å²) in [6, 6.07) is -0.752.